The molecule has 0 aromatic rings. The molecular weight excluding hydrogens is 236 g/mol. The van der Waals surface area contributed by atoms with Crippen LogP contribution in [0.15, 0.2) is 0 Å². The van der Waals surface area contributed by atoms with Crippen LogP contribution in [0.4, 0.5) is 0 Å². The van der Waals surface area contributed by atoms with Crippen LogP contribution < -0.4 is 10.6 Å². The van der Waals surface area contributed by atoms with Crippen molar-refractivity contribution in [1.82, 2.24) is 10.6 Å². The molecule has 0 aliphatic rings. The van der Waals surface area contributed by atoms with E-state index in [0.717, 1.165) is 32.4 Å². The Kier molecular flexibility index (Phi) is 10.3. The third-order valence-corrected chi connectivity index (χ3v) is 2.41. The van der Waals surface area contributed by atoms with Crippen LogP contribution in [0.3, 0.4) is 0 Å². The highest BCUT2D eigenvalue weighted by molar-refractivity contribution is 5.83. The molecule has 0 fully saturated rings. The summed E-state index contributed by atoms with van der Waals surface area (Å²) in [6, 6.07) is -0.619. The molecule has 0 saturated heterocycles. The SMILES string of the molecule is COCCCCCNCC(NC(C)=O)C(=O)OC. The Morgan fingerprint density at radius 2 is 1.89 bits per heavy atom. The molecule has 0 rings (SSSR count). The lowest BCUT2D eigenvalue weighted by Crippen LogP contribution is -2.47. The number of amides is 1. The van der Waals surface area contributed by atoms with Gasteiger partial charge in [-0.15, -0.1) is 0 Å². The van der Waals surface area contributed by atoms with Gasteiger partial charge < -0.3 is 20.1 Å². The van der Waals surface area contributed by atoms with Gasteiger partial charge in [0.1, 0.15) is 6.04 Å². The van der Waals surface area contributed by atoms with E-state index in [1.807, 2.05) is 0 Å². The van der Waals surface area contributed by atoms with Gasteiger partial charge in [-0.05, 0) is 25.8 Å². The highest BCUT2D eigenvalue weighted by Gasteiger charge is 2.18. The summed E-state index contributed by atoms with van der Waals surface area (Å²) in [6.07, 6.45) is 3.12. The van der Waals surface area contributed by atoms with Gasteiger partial charge in [-0.3, -0.25) is 4.79 Å². The van der Waals surface area contributed by atoms with Crippen LogP contribution in [0.1, 0.15) is 26.2 Å². The molecule has 18 heavy (non-hydrogen) atoms. The van der Waals surface area contributed by atoms with Crippen molar-refractivity contribution in [3.8, 4) is 0 Å². The molecule has 0 aromatic carbocycles. The predicted molar refractivity (Wildman–Crippen MR) is 68.2 cm³/mol. The van der Waals surface area contributed by atoms with Crippen LogP contribution in [0.2, 0.25) is 0 Å². The Labute approximate surface area is 108 Å². The fourth-order valence-electron chi connectivity index (χ4n) is 1.50. The van der Waals surface area contributed by atoms with Crippen molar-refractivity contribution in [2.45, 2.75) is 32.2 Å². The van der Waals surface area contributed by atoms with Crippen LogP contribution in [-0.4, -0.2) is 51.8 Å². The fraction of sp³-hybridized carbons (Fsp3) is 0.833. The molecule has 0 aliphatic heterocycles. The second kappa shape index (κ2) is 11.0. The Morgan fingerprint density at radius 3 is 2.44 bits per heavy atom. The lowest BCUT2D eigenvalue weighted by molar-refractivity contribution is -0.144. The Hall–Kier alpha value is -1.14. The van der Waals surface area contributed by atoms with Gasteiger partial charge in [0.25, 0.3) is 0 Å². The highest BCUT2D eigenvalue weighted by atomic mass is 16.5. The maximum absolute atomic E-state index is 11.4. The molecule has 0 aliphatic carbocycles. The van der Waals surface area contributed by atoms with Crippen molar-refractivity contribution in [3.05, 3.63) is 0 Å². The molecule has 1 unspecified atom stereocenters. The Morgan fingerprint density at radius 1 is 1.17 bits per heavy atom. The van der Waals surface area contributed by atoms with Crippen molar-refractivity contribution < 1.29 is 19.1 Å². The molecule has 0 heterocycles. The number of carbonyl (C=O) groups excluding carboxylic acids is 2. The van der Waals surface area contributed by atoms with Crippen LogP contribution in [-0.2, 0) is 19.1 Å². The molecule has 0 radical (unpaired) electrons. The third kappa shape index (κ3) is 8.95. The third-order valence-electron chi connectivity index (χ3n) is 2.41. The van der Waals surface area contributed by atoms with E-state index in [0.29, 0.717) is 6.54 Å². The first kappa shape index (κ1) is 16.9. The van der Waals surface area contributed by atoms with Gasteiger partial charge in [0.05, 0.1) is 7.11 Å². The second-order valence-corrected chi connectivity index (χ2v) is 4.03. The Balaban J connectivity index is 3.69. The molecule has 1 atom stereocenters. The first-order chi connectivity index (χ1) is 8.61. The number of unbranched alkanes of at least 4 members (excludes halogenated alkanes) is 2. The van der Waals surface area contributed by atoms with Crippen molar-refractivity contribution in [2.75, 3.05) is 33.9 Å². The summed E-state index contributed by atoms with van der Waals surface area (Å²) < 4.78 is 9.56. The van der Waals surface area contributed by atoms with Crippen molar-refractivity contribution in [2.24, 2.45) is 0 Å². The molecule has 106 valence electrons. The van der Waals surface area contributed by atoms with Gasteiger partial charge in [0.15, 0.2) is 0 Å². The average molecular weight is 260 g/mol. The summed E-state index contributed by atoms with van der Waals surface area (Å²) in [4.78, 5) is 22.3. The van der Waals surface area contributed by atoms with E-state index >= 15 is 0 Å². The van der Waals surface area contributed by atoms with E-state index in [1.165, 1.54) is 14.0 Å². The van der Waals surface area contributed by atoms with E-state index in [-0.39, 0.29) is 5.91 Å². The summed E-state index contributed by atoms with van der Waals surface area (Å²) in [5, 5.41) is 5.67. The van der Waals surface area contributed by atoms with E-state index < -0.39 is 12.0 Å². The summed E-state index contributed by atoms with van der Waals surface area (Å²) in [7, 11) is 2.99. The van der Waals surface area contributed by atoms with Crippen molar-refractivity contribution in [1.29, 1.82) is 0 Å². The maximum Gasteiger partial charge on any atom is 0.329 e. The molecule has 6 nitrogen and oxygen atoms in total. The van der Waals surface area contributed by atoms with Gasteiger partial charge in [0, 0.05) is 27.2 Å². The number of rotatable bonds is 10. The number of esters is 1. The van der Waals surface area contributed by atoms with E-state index in [9.17, 15) is 9.59 Å². The smallest absolute Gasteiger partial charge is 0.329 e. The van der Waals surface area contributed by atoms with Crippen LogP contribution in [0, 0.1) is 0 Å². The lowest BCUT2D eigenvalue weighted by atomic mass is 10.2. The quantitative estimate of drug-likeness (QED) is 0.429. The zero-order valence-corrected chi connectivity index (χ0v) is 11.5. The van der Waals surface area contributed by atoms with Gasteiger partial charge in [-0.1, -0.05) is 0 Å². The molecular formula is C12H24N2O4. The van der Waals surface area contributed by atoms with Gasteiger partial charge in [0.2, 0.25) is 5.91 Å². The van der Waals surface area contributed by atoms with E-state index in [4.69, 9.17) is 4.74 Å². The van der Waals surface area contributed by atoms with Gasteiger partial charge >= 0.3 is 5.97 Å². The molecule has 0 bridgehead atoms. The first-order valence-electron chi connectivity index (χ1n) is 6.16. The number of nitrogens with one attached hydrogen (secondary N) is 2. The van der Waals surface area contributed by atoms with Gasteiger partial charge in [-0.25, -0.2) is 4.79 Å². The second-order valence-electron chi connectivity index (χ2n) is 4.03. The van der Waals surface area contributed by atoms with Crippen LogP contribution in [0.25, 0.3) is 0 Å². The monoisotopic (exact) mass is 260 g/mol. The largest absolute Gasteiger partial charge is 0.467 e. The van der Waals surface area contributed by atoms with Crippen LogP contribution in [0.5, 0.6) is 0 Å². The van der Waals surface area contributed by atoms with Crippen molar-refractivity contribution in [3.63, 3.8) is 0 Å². The topological polar surface area (TPSA) is 76.7 Å². The van der Waals surface area contributed by atoms with E-state index in [2.05, 4.69) is 15.4 Å². The molecule has 2 N–H and O–H groups in total. The van der Waals surface area contributed by atoms with Gasteiger partial charge in [-0.2, -0.15) is 0 Å². The number of hydrogen-bond donors (Lipinski definition) is 2. The fourth-order valence-corrected chi connectivity index (χ4v) is 1.50. The van der Waals surface area contributed by atoms with Crippen LogP contribution >= 0.6 is 0 Å². The molecule has 0 spiro atoms. The van der Waals surface area contributed by atoms with Crippen molar-refractivity contribution >= 4 is 11.9 Å². The summed E-state index contributed by atoms with van der Waals surface area (Å²) >= 11 is 0. The first-order valence-corrected chi connectivity index (χ1v) is 6.16. The minimum absolute atomic E-state index is 0.243. The maximum atomic E-state index is 11.4. The number of hydrogen-bond acceptors (Lipinski definition) is 5. The lowest BCUT2D eigenvalue weighted by Gasteiger charge is -2.16. The average Bonchev–Trinajstić information content (AvgIpc) is 2.34. The predicted octanol–water partition coefficient (Wildman–Crippen LogP) is 0.0704. The normalized spacial score (nSPS) is 11.9. The highest BCUT2D eigenvalue weighted by Crippen LogP contribution is 1.94. The zero-order valence-electron chi connectivity index (χ0n) is 11.5. The summed E-state index contributed by atoms with van der Waals surface area (Å²) in [6.45, 7) is 3.34. The summed E-state index contributed by atoms with van der Waals surface area (Å²) in [5.74, 6) is -0.677. The van der Waals surface area contributed by atoms with E-state index in [1.54, 1.807) is 7.11 Å². The molecule has 0 saturated carbocycles. The molecule has 1 amide bonds. The Bertz CT molecular complexity index is 246. The standard InChI is InChI=1S/C12H24N2O4/c1-10(15)14-11(12(16)18-3)9-13-7-5-4-6-8-17-2/h11,13H,4-9H2,1-3H3,(H,14,15). The summed E-state index contributed by atoms with van der Waals surface area (Å²) in [5.41, 5.74) is 0. The molecule has 6 heteroatoms. The minimum Gasteiger partial charge on any atom is -0.467 e. The minimum atomic E-state index is -0.619. The number of carbonyl (C=O) groups is 2. The zero-order chi connectivity index (χ0) is 13.8. The number of methoxy groups -OCH3 is 2. The molecule has 0 aromatic heterocycles. The number of ether oxygens (including phenoxy) is 2.